The number of pyridine rings is 2. The average Bonchev–Trinajstić information content (AvgIpc) is 2.42. The van der Waals surface area contributed by atoms with Crippen LogP contribution < -0.4 is 11.1 Å². The lowest BCUT2D eigenvalue weighted by atomic mass is 10.2. The van der Waals surface area contributed by atoms with Gasteiger partial charge in [-0.3, -0.25) is 4.98 Å². The molecule has 0 amide bonds. The highest BCUT2D eigenvalue weighted by Gasteiger charge is 2.11. The normalized spacial score (nSPS) is 10.0. The fourth-order valence-electron chi connectivity index (χ4n) is 1.51. The van der Waals surface area contributed by atoms with Crippen LogP contribution in [-0.4, -0.2) is 23.0 Å². The van der Waals surface area contributed by atoms with Crippen molar-refractivity contribution < 1.29 is 9.53 Å². The monoisotopic (exact) mass is 258 g/mol. The van der Waals surface area contributed by atoms with Crippen LogP contribution in [-0.2, 0) is 4.74 Å². The van der Waals surface area contributed by atoms with Gasteiger partial charge in [-0.1, -0.05) is 0 Å². The molecule has 0 aliphatic rings. The minimum absolute atomic E-state index is 0.195. The number of esters is 1. The summed E-state index contributed by atoms with van der Waals surface area (Å²) in [5.74, 6) is -0.107. The van der Waals surface area contributed by atoms with Crippen molar-refractivity contribution in [3.8, 4) is 0 Å². The Morgan fingerprint density at radius 2 is 2.16 bits per heavy atom. The van der Waals surface area contributed by atoms with E-state index in [2.05, 4.69) is 20.0 Å². The number of carbonyl (C=O) groups excluding carboxylic acids is 1. The van der Waals surface area contributed by atoms with Crippen molar-refractivity contribution in [2.75, 3.05) is 18.2 Å². The minimum Gasteiger partial charge on any atom is -0.464 e. The van der Waals surface area contributed by atoms with Crippen LogP contribution in [0, 0.1) is 6.92 Å². The first-order valence-corrected chi connectivity index (χ1v) is 5.64. The second kappa shape index (κ2) is 5.34. The standard InChI is InChI=1S/C13H14N4O2/c1-8-5-6-15-7-11(8)17-12-9(14)3-4-10(16-12)13(18)19-2/h3-7H,14H2,1-2H3,(H,16,17). The van der Waals surface area contributed by atoms with E-state index in [0.29, 0.717) is 11.5 Å². The summed E-state index contributed by atoms with van der Waals surface area (Å²) in [5.41, 5.74) is 8.25. The van der Waals surface area contributed by atoms with Gasteiger partial charge < -0.3 is 15.8 Å². The molecule has 0 aliphatic carbocycles. The minimum atomic E-state index is -0.508. The number of anilines is 3. The number of rotatable bonds is 3. The first-order chi connectivity index (χ1) is 9.11. The molecule has 0 unspecified atom stereocenters. The maximum atomic E-state index is 11.4. The maximum Gasteiger partial charge on any atom is 0.356 e. The summed E-state index contributed by atoms with van der Waals surface area (Å²) in [7, 11) is 1.30. The molecule has 0 atom stereocenters. The quantitative estimate of drug-likeness (QED) is 0.817. The van der Waals surface area contributed by atoms with Crippen molar-refractivity contribution in [2.45, 2.75) is 6.92 Å². The Bertz CT molecular complexity index is 613. The highest BCUT2D eigenvalue weighted by Crippen LogP contribution is 2.23. The second-order valence-electron chi connectivity index (χ2n) is 3.94. The number of carbonyl (C=O) groups is 1. The van der Waals surface area contributed by atoms with Gasteiger partial charge in [-0.15, -0.1) is 0 Å². The molecular weight excluding hydrogens is 244 g/mol. The van der Waals surface area contributed by atoms with Gasteiger partial charge in [0, 0.05) is 6.20 Å². The summed E-state index contributed by atoms with van der Waals surface area (Å²) in [6, 6.07) is 4.98. The van der Waals surface area contributed by atoms with Gasteiger partial charge in [0.05, 0.1) is 24.7 Å². The molecule has 6 nitrogen and oxygen atoms in total. The molecular formula is C13H14N4O2. The lowest BCUT2D eigenvalue weighted by molar-refractivity contribution is 0.0594. The molecule has 2 aromatic heterocycles. The van der Waals surface area contributed by atoms with Gasteiger partial charge in [0.1, 0.15) is 0 Å². The van der Waals surface area contributed by atoms with E-state index in [1.165, 1.54) is 13.2 Å². The molecule has 0 radical (unpaired) electrons. The Labute approximate surface area is 110 Å². The second-order valence-corrected chi connectivity index (χ2v) is 3.94. The van der Waals surface area contributed by atoms with Crippen LogP contribution in [0.3, 0.4) is 0 Å². The number of nitrogens with zero attached hydrogens (tertiary/aromatic N) is 2. The van der Waals surface area contributed by atoms with Crippen LogP contribution >= 0.6 is 0 Å². The largest absolute Gasteiger partial charge is 0.464 e. The Kier molecular flexibility index (Phi) is 3.61. The molecule has 98 valence electrons. The van der Waals surface area contributed by atoms with Crippen LogP contribution in [0.15, 0.2) is 30.6 Å². The topological polar surface area (TPSA) is 90.1 Å². The molecule has 2 aromatic rings. The van der Waals surface area contributed by atoms with E-state index < -0.39 is 5.97 Å². The molecule has 0 saturated heterocycles. The third-order valence-electron chi connectivity index (χ3n) is 2.61. The van der Waals surface area contributed by atoms with Gasteiger partial charge in [0.2, 0.25) is 0 Å². The first kappa shape index (κ1) is 12.8. The summed E-state index contributed by atoms with van der Waals surface area (Å²) in [6.07, 6.45) is 3.36. The molecule has 2 rings (SSSR count). The zero-order valence-electron chi connectivity index (χ0n) is 10.7. The van der Waals surface area contributed by atoms with Gasteiger partial charge in [-0.05, 0) is 30.7 Å². The van der Waals surface area contributed by atoms with Gasteiger partial charge in [-0.2, -0.15) is 0 Å². The number of ether oxygens (including phenoxy) is 1. The van der Waals surface area contributed by atoms with Crippen LogP contribution in [0.4, 0.5) is 17.2 Å². The molecule has 0 aromatic carbocycles. The van der Waals surface area contributed by atoms with Crippen molar-refractivity contribution in [2.24, 2.45) is 0 Å². The lowest BCUT2D eigenvalue weighted by Crippen LogP contribution is -2.08. The Morgan fingerprint density at radius 1 is 1.37 bits per heavy atom. The van der Waals surface area contributed by atoms with E-state index >= 15 is 0 Å². The molecule has 2 heterocycles. The summed E-state index contributed by atoms with van der Waals surface area (Å²) in [5, 5.41) is 3.05. The van der Waals surface area contributed by atoms with Crippen LogP contribution in [0.2, 0.25) is 0 Å². The van der Waals surface area contributed by atoms with E-state index in [4.69, 9.17) is 5.73 Å². The van der Waals surface area contributed by atoms with Gasteiger partial charge in [0.25, 0.3) is 0 Å². The fourth-order valence-corrected chi connectivity index (χ4v) is 1.51. The number of nitrogens with one attached hydrogen (secondary N) is 1. The number of methoxy groups -OCH3 is 1. The molecule has 3 N–H and O–H groups in total. The van der Waals surface area contributed by atoms with Gasteiger partial charge >= 0.3 is 5.97 Å². The van der Waals surface area contributed by atoms with Crippen molar-refractivity contribution in [3.63, 3.8) is 0 Å². The highest BCUT2D eigenvalue weighted by atomic mass is 16.5. The SMILES string of the molecule is COC(=O)c1ccc(N)c(Nc2cnccc2C)n1. The number of aromatic nitrogens is 2. The van der Waals surface area contributed by atoms with E-state index in [-0.39, 0.29) is 5.69 Å². The number of nitrogens with two attached hydrogens (primary N) is 1. The van der Waals surface area contributed by atoms with E-state index in [1.807, 2.05) is 13.0 Å². The molecule has 0 fully saturated rings. The number of hydrogen-bond donors (Lipinski definition) is 2. The van der Waals surface area contributed by atoms with Crippen molar-refractivity contribution in [1.29, 1.82) is 0 Å². The highest BCUT2D eigenvalue weighted by molar-refractivity contribution is 5.88. The maximum absolute atomic E-state index is 11.4. The van der Waals surface area contributed by atoms with Gasteiger partial charge in [-0.25, -0.2) is 9.78 Å². The Hall–Kier alpha value is -2.63. The van der Waals surface area contributed by atoms with E-state index in [0.717, 1.165) is 11.3 Å². The zero-order chi connectivity index (χ0) is 13.8. The summed E-state index contributed by atoms with van der Waals surface area (Å²) < 4.78 is 4.62. The van der Waals surface area contributed by atoms with Crippen LogP contribution in [0.25, 0.3) is 0 Å². The zero-order valence-corrected chi connectivity index (χ0v) is 10.7. The predicted octanol–water partition coefficient (Wildman–Crippen LogP) is 1.90. The van der Waals surface area contributed by atoms with Crippen LogP contribution in [0.5, 0.6) is 0 Å². The lowest BCUT2D eigenvalue weighted by Gasteiger charge is -2.11. The van der Waals surface area contributed by atoms with Crippen molar-refractivity contribution >= 4 is 23.2 Å². The number of nitrogen functional groups attached to an aromatic ring is 1. The van der Waals surface area contributed by atoms with Crippen LogP contribution in [0.1, 0.15) is 16.1 Å². The smallest absolute Gasteiger partial charge is 0.356 e. The van der Waals surface area contributed by atoms with Crippen molar-refractivity contribution in [3.05, 3.63) is 41.9 Å². The Morgan fingerprint density at radius 3 is 2.84 bits per heavy atom. The number of aryl methyl sites for hydroxylation is 1. The third kappa shape index (κ3) is 2.79. The summed E-state index contributed by atoms with van der Waals surface area (Å²) in [6.45, 7) is 1.93. The average molecular weight is 258 g/mol. The number of hydrogen-bond acceptors (Lipinski definition) is 6. The molecule has 0 spiro atoms. The summed E-state index contributed by atoms with van der Waals surface area (Å²) >= 11 is 0. The van der Waals surface area contributed by atoms with E-state index in [1.54, 1.807) is 18.5 Å². The first-order valence-electron chi connectivity index (χ1n) is 5.64. The molecule has 0 saturated carbocycles. The molecule has 0 aliphatic heterocycles. The molecule has 0 bridgehead atoms. The summed E-state index contributed by atoms with van der Waals surface area (Å²) in [4.78, 5) is 19.6. The van der Waals surface area contributed by atoms with Gasteiger partial charge in [0.15, 0.2) is 11.5 Å². The predicted molar refractivity (Wildman–Crippen MR) is 72.2 cm³/mol. The van der Waals surface area contributed by atoms with Crippen molar-refractivity contribution in [1.82, 2.24) is 9.97 Å². The third-order valence-corrected chi connectivity index (χ3v) is 2.61. The molecule has 6 heteroatoms. The van der Waals surface area contributed by atoms with E-state index in [9.17, 15) is 4.79 Å². The fraction of sp³-hybridized carbons (Fsp3) is 0.154. The Balaban J connectivity index is 2.34. The molecule has 19 heavy (non-hydrogen) atoms.